The zero-order valence-electron chi connectivity index (χ0n) is 11.9. The molecule has 0 bridgehead atoms. The van der Waals surface area contributed by atoms with Crippen molar-refractivity contribution in [2.45, 2.75) is 32.7 Å². The third kappa shape index (κ3) is 4.26. The van der Waals surface area contributed by atoms with Gasteiger partial charge in [0.15, 0.2) is 5.96 Å². The average molecular weight is 366 g/mol. The molecule has 0 spiro atoms. The lowest BCUT2D eigenvalue weighted by Gasteiger charge is -2.36. The molecule has 5 heteroatoms. The molecule has 2 atom stereocenters. The quantitative estimate of drug-likeness (QED) is 0.771. The van der Waals surface area contributed by atoms with Gasteiger partial charge in [0.05, 0.1) is 6.54 Å². The summed E-state index contributed by atoms with van der Waals surface area (Å²) >= 11 is 0. The number of rotatable bonds is 3. The number of hydrogen-bond donors (Lipinski definition) is 1. The second-order valence-electron chi connectivity index (χ2n) is 5.60. The largest absolute Gasteiger partial charge is 0.355 e. The number of likely N-dealkylation sites (N-methyl/N-ethyl adjacent to an activating group) is 1. The fourth-order valence-electron chi connectivity index (χ4n) is 2.72. The smallest absolute Gasteiger partial charge is 0.193 e. The van der Waals surface area contributed by atoms with Crippen molar-refractivity contribution >= 4 is 29.9 Å². The van der Waals surface area contributed by atoms with Gasteiger partial charge in [-0.05, 0) is 32.2 Å². The highest BCUT2D eigenvalue weighted by atomic mass is 127. The summed E-state index contributed by atoms with van der Waals surface area (Å²) in [7, 11) is 2.10. The fraction of sp³-hybridized carbons (Fsp3) is 0.923. The first-order valence-corrected chi connectivity index (χ1v) is 6.90. The molecule has 0 aromatic rings. The molecular formula is C13H27IN4. The lowest BCUT2D eigenvalue weighted by Crippen LogP contribution is -2.48. The van der Waals surface area contributed by atoms with Gasteiger partial charge in [-0.1, -0.05) is 6.92 Å². The van der Waals surface area contributed by atoms with Crippen LogP contribution in [0.15, 0.2) is 4.99 Å². The van der Waals surface area contributed by atoms with Crippen LogP contribution in [0.3, 0.4) is 0 Å². The molecule has 0 amide bonds. The summed E-state index contributed by atoms with van der Waals surface area (Å²) in [5.41, 5.74) is 0. The van der Waals surface area contributed by atoms with Crippen molar-refractivity contribution < 1.29 is 0 Å². The van der Waals surface area contributed by atoms with Gasteiger partial charge in [0.1, 0.15) is 0 Å². The Morgan fingerprint density at radius 2 is 2.22 bits per heavy atom. The van der Waals surface area contributed by atoms with Gasteiger partial charge in [0, 0.05) is 32.7 Å². The molecule has 0 saturated carbocycles. The zero-order chi connectivity index (χ0) is 12.3. The van der Waals surface area contributed by atoms with E-state index in [-0.39, 0.29) is 24.0 Å². The van der Waals surface area contributed by atoms with Crippen molar-refractivity contribution in [3.63, 3.8) is 0 Å². The van der Waals surface area contributed by atoms with Crippen molar-refractivity contribution in [2.75, 3.05) is 39.8 Å². The van der Waals surface area contributed by atoms with Gasteiger partial charge in [-0.3, -0.25) is 9.89 Å². The van der Waals surface area contributed by atoms with Crippen molar-refractivity contribution in [1.82, 2.24) is 15.1 Å². The number of likely N-dealkylation sites (tertiary alicyclic amines) is 1. The van der Waals surface area contributed by atoms with Crippen LogP contribution in [0.25, 0.3) is 0 Å². The molecule has 0 aromatic heterocycles. The van der Waals surface area contributed by atoms with Gasteiger partial charge in [0.2, 0.25) is 0 Å². The highest BCUT2D eigenvalue weighted by molar-refractivity contribution is 14.0. The third-order valence-electron chi connectivity index (χ3n) is 3.93. The predicted octanol–water partition coefficient (Wildman–Crippen LogP) is 1.62. The number of nitrogens with one attached hydrogen (secondary N) is 1. The third-order valence-corrected chi connectivity index (χ3v) is 3.93. The fourth-order valence-corrected chi connectivity index (χ4v) is 2.72. The Kier molecular flexibility index (Phi) is 6.70. The Bertz CT molecular complexity index is 282. The lowest BCUT2D eigenvalue weighted by atomic mass is 9.99. The minimum absolute atomic E-state index is 0. The van der Waals surface area contributed by atoms with Gasteiger partial charge in [-0.15, -0.1) is 24.0 Å². The van der Waals surface area contributed by atoms with E-state index in [1.165, 1.54) is 25.9 Å². The van der Waals surface area contributed by atoms with Gasteiger partial charge in [0.25, 0.3) is 0 Å². The summed E-state index contributed by atoms with van der Waals surface area (Å²) in [5, 5.41) is 3.48. The van der Waals surface area contributed by atoms with Crippen molar-refractivity contribution in [3.05, 3.63) is 0 Å². The number of nitrogens with zero attached hydrogens (tertiary/aromatic N) is 3. The minimum Gasteiger partial charge on any atom is -0.355 e. The monoisotopic (exact) mass is 366 g/mol. The van der Waals surface area contributed by atoms with E-state index in [4.69, 9.17) is 0 Å². The first-order valence-electron chi connectivity index (χ1n) is 6.90. The SMILES string of the molecule is CC1CCCN(C(C)CNC2=NCCN2C)C1.I. The molecule has 106 valence electrons. The Balaban J connectivity index is 0.00000162. The van der Waals surface area contributed by atoms with E-state index in [1.54, 1.807) is 0 Å². The second kappa shape index (κ2) is 7.53. The molecule has 2 aliphatic heterocycles. The number of piperidine rings is 1. The minimum atomic E-state index is 0. The molecule has 2 aliphatic rings. The summed E-state index contributed by atoms with van der Waals surface area (Å²) in [4.78, 5) is 9.27. The molecule has 1 fully saturated rings. The number of guanidine groups is 1. The van der Waals surface area contributed by atoms with Crippen LogP contribution in [-0.2, 0) is 0 Å². The zero-order valence-corrected chi connectivity index (χ0v) is 14.2. The molecule has 18 heavy (non-hydrogen) atoms. The molecule has 4 nitrogen and oxygen atoms in total. The lowest BCUT2D eigenvalue weighted by molar-refractivity contribution is 0.139. The first kappa shape index (κ1) is 16.0. The number of halogens is 1. The summed E-state index contributed by atoms with van der Waals surface area (Å²) in [6.07, 6.45) is 2.75. The van der Waals surface area contributed by atoms with Gasteiger partial charge < -0.3 is 10.2 Å². The highest BCUT2D eigenvalue weighted by Crippen LogP contribution is 2.17. The van der Waals surface area contributed by atoms with E-state index >= 15 is 0 Å². The summed E-state index contributed by atoms with van der Waals surface area (Å²) in [5.74, 6) is 1.93. The molecule has 0 aliphatic carbocycles. The molecule has 2 unspecified atom stereocenters. The van der Waals surface area contributed by atoms with Crippen LogP contribution in [0.4, 0.5) is 0 Å². The molecule has 1 saturated heterocycles. The average Bonchev–Trinajstić information content (AvgIpc) is 2.72. The topological polar surface area (TPSA) is 30.9 Å². The number of aliphatic imine (C=N–C) groups is 1. The van der Waals surface area contributed by atoms with Crippen molar-refractivity contribution in [1.29, 1.82) is 0 Å². The van der Waals surface area contributed by atoms with Crippen LogP contribution in [0.2, 0.25) is 0 Å². The van der Waals surface area contributed by atoms with E-state index in [9.17, 15) is 0 Å². The van der Waals surface area contributed by atoms with Crippen LogP contribution in [0.1, 0.15) is 26.7 Å². The van der Waals surface area contributed by atoms with E-state index in [0.29, 0.717) is 6.04 Å². The van der Waals surface area contributed by atoms with E-state index in [0.717, 1.165) is 31.5 Å². The number of hydrogen-bond acceptors (Lipinski definition) is 4. The Morgan fingerprint density at radius 3 is 2.83 bits per heavy atom. The van der Waals surface area contributed by atoms with Crippen LogP contribution in [0, 0.1) is 5.92 Å². The Hall–Kier alpha value is -0.0400. The molecule has 0 aromatic carbocycles. The molecular weight excluding hydrogens is 339 g/mol. The molecule has 0 radical (unpaired) electrons. The first-order chi connectivity index (χ1) is 8.16. The van der Waals surface area contributed by atoms with Gasteiger partial charge in [-0.2, -0.15) is 0 Å². The molecule has 2 rings (SSSR count). The van der Waals surface area contributed by atoms with Crippen LogP contribution in [-0.4, -0.2) is 61.6 Å². The maximum Gasteiger partial charge on any atom is 0.193 e. The summed E-state index contributed by atoms with van der Waals surface area (Å²) in [6, 6.07) is 0.606. The van der Waals surface area contributed by atoms with E-state index < -0.39 is 0 Å². The Labute approximate surface area is 128 Å². The van der Waals surface area contributed by atoms with Crippen molar-refractivity contribution in [2.24, 2.45) is 10.9 Å². The second-order valence-corrected chi connectivity index (χ2v) is 5.60. The van der Waals surface area contributed by atoms with E-state index in [2.05, 4.69) is 41.0 Å². The molecule has 1 N–H and O–H groups in total. The predicted molar refractivity (Wildman–Crippen MR) is 87.8 cm³/mol. The maximum absolute atomic E-state index is 4.46. The van der Waals surface area contributed by atoms with Gasteiger partial charge in [-0.25, -0.2) is 0 Å². The normalized spacial score (nSPS) is 26.5. The summed E-state index contributed by atoms with van der Waals surface area (Å²) < 4.78 is 0. The van der Waals surface area contributed by atoms with Crippen LogP contribution >= 0.6 is 24.0 Å². The van der Waals surface area contributed by atoms with Gasteiger partial charge >= 0.3 is 0 Å². The van der Waals surface area contributed by atoms with Crippen LogP contribution < -0.4 is 5.32 Å². The highest BCUT2D eigenvalue weighted by Gasteiger charge is 2.21. The molecule has 2 heterocycles. The van der Waals surface area contributed by atoms with E-state index in [1.807, 2.05) is 0 Å². The standard InChI is InChI=1S/C13H26N4.HI/c1-11-5-4-7-17(10-11)12(2)9-15-13-14-6-8-16(13)3;/h11-12H,4-10H2,1-3H3,(H,14,15);1H. The Morgan fingerprint density at radius 1 is 1.44 bits per heavy atom. The van der Waals surface area contributed by atoms with Crippen LogP contribution in [0.5, 0.6) is 0 Å². The summed E-state index contributed by atoms with van der Waals surface area (Å²) in [6.45, 7) is 10.2. The maximum atomic E-state index is 4.46. The van der Waals surface area contributed by atoms with Crippen molar-refractivity contribution in [3.8, 4) is 0 Å².